The third kappa shape index (κ3) is 3.19. The lowest BCUT2D eigenvalue weighted by Gasteiger charge is -2.08. The fourth-order valence-corrected chi connectivity index (χ4v) is 2.26. The Morgan fingerprint density at radius 1 is 1.30 bits per heavy atom. The fraction of sp³-hybridized carbons (Fsp3) is 0.0667. The zero-order chi connectivity index (χ0) is 14.7. The molecule has 0 saturated heterocycles. The van der Waals surface area contributed by atoms with Crippen LogP contribution < -0.4 is 5.32 Å². The van der Waals surface area contributed by atoms with Gasteiger partial charge in [-0.1, -0.05) is 11.6 Å². The quantitative estimate of drug-likeness (QED) is 0.865. The van der Waals surface area contributed by atoms with Crippen LogP contribution in [0.1, 0.15) is 21.5 Å². The molecule has 5 heteroatoms. The summed E-state index contributed by atoms with van der Waals surface area (Å²) in [4.78, 5) is 12.1. The van der Waals surface area contributed by atoms with Crippen LogP contribution in [0.3, 0.4) is 0 Å². The molecule has 1 N–H and O–H groups in total. The summed E-state index contributed by atoms with van der Waals surface area (Å²) in [6, 6.07) is 12.1. The standard InChI is InChI=1S/C15H10BrClN2O/c1-9-6-11(3-4-13(9)17)15(20)19-14-5-2-10(8-18)7-12(14)16/h2-7H,1H3,(H,19,20). The van der Waals surface area contributed by atoms with Gasteiger partial charge in [-0.05, 0) is 64.8 Å². The molecule has 0 atom stereocenters. The molecule has 20 heavy (non-hydrogen) atoms. The predicted molar refractivity (Wildman–Crippen MR) is 83.0 cm³/mol. The minimum atomic E-state index is -0.227. The summed E-state index contributed by atoms with van der Waals surface area (Å²) in [6.07, 6.45) is 0. The summed E-state index contributed by atoms with van der Waals surface area (Å²) in [6.45, 7) is 1.84. The van der Waals surface area contributed by atoms with Crippen LogP contribution in [0.15, 0.2) is 40.9 Å². The van der Waals surface area contributed by atoms with Crippen LogP contribution in [0.2, 0.25) is 5.02 Å². The van der Waals surface area contributed by atoms with Gasteiger partial charge < -0.3 is 5.32 Å². The van der Waals surface area contributed by atoms with Crippen molar-refractivity contribution < 1.29 is 4.79 Å². The van der Waals surface area contributed by atoms with E-state index in [1.165, 1.54) is 0 Å². The molecule has 0 radical (unpaired) electrons. The molecular formula is C15H10BrClN2O. The minimum Gasteiger partial charge on any atom is -0.321 e. The number of rotatable bonds is 2. The average molecular weight is 350 g/mol. The number of nitrogens with zero attached hydrogens (tertiary/aromatic N) is 1. The van der Waals surface area contributed by atoms with Gasteiger partial charge in [0.05, 0.1) is 17.3 Å². The van der Waals surface area contributed by atoms with E-state index in [1.807, 2.05) is 13.0 Å². The second kappa shape index (κ2) is 6.08. The number of benzene rings is 2. The van der Waals surface area contributed by atoms with Crippen molar-refractivity contribution >= 4 is 39.1 Å². The highest BCUT2D eigenvalue weighted by molar-refractivity contribution is 9.10. The molecule has 0 bridgehead atoms. The molecule has 0 unspecified atom stereocenters. The molecule has 2 aromatic rings. The zero-order valence-corrected chi connectivity index (χ0v) is 12.9. The van der Waals surface area contributed by atoms with E-state index in [4.69, 9.17) is 16.9 Å². The smallest absolute Gasteiger partial charge is 0.255 e. The normalized spacial score (nSPS) is 9.90. The van der Waals surface area contributed by atoms with E-state index in [2.05, 4.69) is 21.2 Å². The molecule has 0 aliphatic rings. The first-order valence-electron chi connectivity index (χ1n) is 5.78. The maximum absolute atomic E-state index is 12.1. The van der Waals surface area contributed by atoms with E-state index in [9.17, 15) is 4.79 Å². The molecule has 0 fully saturated rings. The van der Waals surface area contributed by atoms with Gasteiger partial charge in [-0.3, -0.25) is 4.79 Å². The number of nitrogens with one attached hydrogen (secondary N) is 1. The third-order valence-corrected chi connectivity index (χ3v) is 3.85. The first-order chi connectivity index (χ1) is 9.51. The van der Waals surface area contributed by atoms with Gasteiger partial charge in [0, 0.05) is 15.1 Å². The highest BCUT2D eigenvalue weighted by atomic mass is 79.9. The number of anilines is 1. The monoisotopic (exact) mass is 348 g/mol. The number of hydrogen-bond donors (Lipinski definition) is 1. The molecule has 0 aliphatic heterocycles. The molecule has 2 rings (SSSR count). The lowest BCUT2D eigenvalue weighted by molar-refractivity contribution is 0.102. The van der Waals surface area contributed by atoms with Crippen molar-refractivity contribution in [1.82, 2.24) is 0 Å². The summed E-state index contributed by atoms with van der Waals surface area (Å²) in [7, 11) is 0. The molecule has 3 nitrogen and oxygen atoms in total. The average Bonchev–Trinajstić information content (AvgIpc) is 2.43. The second-order valence-corrected chi connectivity index (χ2v) is 5.49. The summed E-state index contributed by atoms with van der Waals surface area (Å²) in [5, 5.41) is 12.2. The van der Waals surface area contributed by atoms with Crippen LogP contribution >= 0.6 is 27.5 Å². The van der Waals surface area contributed by atoms with Gasteiger partial charge in [-0.25, -0.2) is 0 Å². The Labute approximate surface area is 130 Å². The Bertz CT molecular complexity index is 722. The molecule has 0 aliphatic carbocycles. The van der Waals surface area contributed by atoms with Gasteiger partial charge in [0.25, 0.3) is 5.91 Å². The van der Waals surface area contributed by atoms with Crippen molar-refractivity contribution in [2.75, 3.05) is 5.32 Å². The van der Waals surface area contributed by atoms with E-state index in [-0.39, 0.29) is 5.91 Å². The summed E-state index contributed by atoms with van der Waals surface area (Å²) in [5.74, 6) is -0.227. The molecule has 100 valence electrons. The molecular weight excluding hydrogens is 340 g/mol. The van der Waals surface area contributed by atoms with Crippen LogP contribution in [0, 0.1) is 18.3 Å². The van der Waals surface area contributed by atoms with E-state index < -0.39 is 0 Å². The maximum Gasteiger partial charge on any atom is 0.255 e. The first-order valence-corrected chi connectivity index (χ1v) is 6.95. The van der Waals surface area contributed by atoms with Crippen LogP contribution in [0.4, 0.5) is 5.69 Å². The molecule has 2 aromatic carbocycles. The van der Waals surface area contributed by atoms with Crippen LogP contribution in [-0.2, 0) is 0 Å². The third-order valence-electron chi connectivity index (χ3n) is 2.77. The molecule has 0 aromatic heterocycles. The van der Waals surface area contributed by atoms with Gasteiger partial charge in [0.2, 0.25) is 0 Å². The molecule has 0 saturated carbocycles. The second-order valence-electron chi connectivity index (χ2n) is 4.22. The van der Waals surface area contributed by atoms with Crippen LogP contribution in [0.5, 0.6) is 0 Å². The Hall–Kier alpha value is -1.83. The van der Waals surface area contributed by atoms with E-state index in [1.54, 1.807) is 36.4 Å². The molecule has 1 amide bonds. The molecule has 0 spiro atoms. The van der Waals surface area contributed by atoms with Gasteiger partial charge in [0.15, 0.2) is 0 Å². The predicted octanol–water partition coefficient (Wildman–Crippen LogP) is 4.53. The highest BCUT2D eigenvalue weighted by Gasteiger charge is 2.10. The van der Waals surface area contributed by atoms with Gasteiger partial charge in [-0.2, -0.15) is 5.26 Å². The Morgan fingerprint density at radius 2 is 2.05 bits per heavy atom. The van der Waals surface area contributed by atoms with Crippen molar-refractivity contribution in [3.05, 3.63) is 62.6 Å². The lowest BCUT2D eigenvalue weighted by atomic mass is 10.1. The zero-order valence-electron chi connectivity index (χ0n) is 10.6. The van der Waals surface area contributed by atoms with Crippen molar-refractivity contribution in [2.24, 2.45) is 0 Å². The van der Waals surface area contributed by atoms with E-state index >= 15 is 0 Å². The van der Waals surface area contributed by atoms with E-state index in [0.717, 1.165) is 5.56 Å². The minimum absolute atomic E-state index is 0.227. The number of aryl methyl sites for hydroxylation is 1. The Morgan fingerprint density at radius 3 is 2.65 bits per heavy atom. The van der Waals surface area contributed by atoms with Gasteiger partial charge >= 0.3 is 0 Å². The van der Waals surface area contributed by atoms with Crippen LogP contribution in [-0.4, -0.2) is 5.91 Å². The number of carbonyl (C=O) groups is 1. The van der Waals surface area contributed by atoms with Crippen molar-refractivity contribution in [1.29, 1.82) is 5.26 Å². The number of amides is 1. The largest absolute Gasteiger partial charge is 0.321 e. The number of carbonyl (C=O) groups excluding carboxylic acids is 1. The Balaban J connectivity index is 2.23. The van der Waals surface area contributed by atoms with Crippen molar-refractivity contribution in [3.8, 4) is 6.07 Å². The SMILES string of the molecule is Cc1cc(C(=O)Nc2ccc(C#N)cc2Br)ccc1Cl. The summed E-state index contributed by atoms with van der Waals surface area (Å²) < 4.78 is 0.663. The lowest BCUT2D eigenvalue weighted by Crippen LogP contribution is -2.12. The van der Waals surface area contributed by atoms with E-state index in [0.29, 0.717) is 26.3 Å². The van der Waals surface area contributed by atoms with Crippen molar-refractivity contribution in [3.63, 3.8) is 0 Å². The van der Waals surface area contributed by atoms with Gasteiger partial charge in [0.1, 0.15) is 0 Å². The number of nitriles is 1. The van der Waals surface area contributed by atoms with Gasteiger partial charge in [-0.15, -0.1) is 0 Å². The van der Waals surface area contributed by atoms with Crippen molar-refractivity contribution in [2.45, 2.75) is 6.92 Å². The Kier molecular flexibility index (Phi) is 4.43. The first kappa shape index (κ1) is 14.6. The number of halogens is 2. The number of hydrogen-bond acceptors (Lipinski definition) is 2. The fourth-order valence-electron chi connectivity index (χ4n) is 1.67. The maximum atomic E-state index is 12.1. The molecule has 0 heterocycles. The summed E-state index contributed by atoms with van der Waals surface area (Å²) in [5.41, 5.74) is 2.51. The topological polar surface area (TPSA) is 52.9 Å². The summed E-state index contributed by atoms with van der Waals surface area (Å²) >= 11 is 9.26. The highest BCUT2D eigenvalue weighted by Crippen LogP contribution is 2.24. The van der Waals surface area contributed by atoms with Crippen LogP contribution in [0.25, 0.3) is 0 Å².